The molecule has 0 bridgehead atoms. The van der Waals surface area contributed by atoms with Crippen LogP contribution < -0.4 is 5.73 Å². The van der Waals surface area contributed by atoms with Crippen LogP contribution >= 0.6 is 0 Å². The lowest BCUT2D eigenvalue weighted by Crippen LogP contribution is -2.51. The summed E-state index contributed by atoms with van der Waals surface area (Å²) in [6, 6.07) is 0. The van der Waals surface area contributed by atoms with Gasteiger partial charge in [0.15, 0.2) is 6.10 Å². The van der Waals surface area contributed by atoms with Crippen molar-refractivity contribution in [2.45, 2.75) is 24.4 Å². The smallest absolute Gasteiger partial charge is 0.287 e. The Morgan fingerprint density at radius 3 is 1.87 bits per heavy atom. The van der Waals surface area contributed by atoms with E-state index < -0.39 is 42.7 Å². The number of carbonyl (C=O) groups excluding carboxylic acids is 2. The van der Waals surface area contributed by atoms with E-state index in [2.05, 4.69) is 5.73 Å². The lowest BCUT2D eigenvalue weighted by molar-refractivity contribution is -0.153. The molecule has 0 radical (unpaired) electrons. The molecule has 8 nitrogen and oxygen atoms in total. The Morgan fingerprint density at radius 1 is 1.07 bits per heavy atom. The number of hydrogen-bond acceptors (Lipinski definition) is 7. The van der Waals surface area contributed by atoms with Crippen LogP contribution in [0.1, 0.15) is 0 Å². The lowest BCUT2D eigenvalue weighted by Gasteiger charge is -2.23. The second kappa shape index (κ2) is 5.73. The Kier molecular flexibility index (Phi) is 5.33. The second-order valence-electron chi connectivity index (χ2n) is 2.90. The zero-order chi connectivity index (χ0) is 12.2. The third kappa shape index (κ3) is 3.53. The molecule has 0 unspecified atom stereocenters. The highest BCUT2D eigenvalue weighted by Crippen LogP contribution is 2.05. The molecule has 88 valence electrons. The van der Waals surface area contributed by atoms with E-state index in [4.69, 9.17) is 25.5 Å². The number of hydrogen-bond donors (Lipinski definition) is 6. The molecular formula is C7H13NO7. The van der Waals surface area contributed by atoms with E-state index in [1.54, 1.807) is 0 Å². The van der Waals surface area contributed by atoms with E-state index in [-0.39, 0.29) is 0 Å². The molecule has 0 heterocycles. The van der Waals surface area contributed by atoms with Crippen molar-refractivity contribution in [2.75, 3.05) is 6.61 Å². The molecule has 7 N–H and O–H groups in total. The maximum Gasteiger partial charge on any atom is 0.287 e. The molecule has 0 aliphatic rings. The second-order valence-corrected chi connectivity index (χ2v) is 2.90. The number of rotatable bonds is 6. The highest BCUT2D eigenvalue weighted by atomic mass is 16.4. The molecule has 1 amide bonds. The van der Waals surface area contributed by atoms with Crippen molar-refractivity contribution in [3.05, 3.63) is 0 Å². The SMILES string of the molecule is NC(=O)C(=O)[C@@H](O)[C@@H](O)[C@H](O)[C@H](O)CO. The van der Waals surface area contributed by atoms with E-state index in [0.29, 0.717) is 0 Å². The first-order chi connectivity index (χ1) is 6.82. The number of aliphatic hydroxyl groups is 5. The van der Waals surface area contributed by atoms with Crippen molar-refractivity contribution in [1.82, 2.24) is 0 Å². The van der Waals surface area contributed by atoms with Gasteiger partial charge in [-0.25, -0.2) is 0 Å². The summed E-state index contributed by atoms with van der Waals surface area (Å²) >= 11 is 0. The molecule has 0 aromatic carbocycles. The van der Waals surface area contributed by atoms with Crippen LogP contribution in [0.15, 0.2) is 0 Å². The lowest BCUT2D eigenvalue weighted by atomic mass is 10.0. The Morgan fingerprint density at radius 2 is 1.53 bits per heavy atom. The first kappa shape index (κ1) is 13.9. The van der Waals surface area contributed by atoms with E-state index >= 15 is 0 Å². The summed E-state index contributed by atoms with van der Waals surface area (Å²) in [4.78, 5) is 21.1. The number of ketones is 1. The molecule has 0 aliphatic carbocycles. The molecular weight excluding hydrogens is 210 g/mol. The van der Waals surface area contributed by atoms with Gasteiger partial charge in [0.05, 0.1) is 6.61 Å². The molecule has 0 rings (SSSR count). The summed E-state index contributed by atoms with van der Waals surface area (Å²) in [5.74, 6) is -2.97. The highest BCUT2D eigenvalue weighted by Gasteiger charge is 2.35. The fourth-order valence-electron chi connectivity index (χ4n) is 0.823. The van der Waals surface area contributed by atoms with Crippen molar-refractivity contribution >= 4 is 11.7 Å². The summed E-state index contributed by atoms with van der Waals surface area (Å²) < 4.78 is 0. The number of aliphatic hydroxyl groups excluding tert-OH is 5. The predicted octanol–water partition coefficient (Wildman–Crippen LogP) is -4.52. The van der Waals surface area contributed by atoms with Crippen LogP contribution in [0.2, 0.25) is 0 Å². The fourth-order valence-corrected chi connectivity index (χ4v) is 0.823. The van der Waals surface area contributed by atoms with Crippen LogP contribution in [-0.2, 0) is 9.59 Å². The van der Waals surface area contributed by atoms with Gasteiger partial charge in [-0.1, -0.05) is 0 Å². The van der Waals surface area contributed by atoms with Gasteiger partial charge in [0, 0.05) is 0 Å². The van der Waals surface area contributed by atoms with Crippen molar-refractivity contribution in [1.29, 1.82) is 0 Å². The Labute approximate surface area is 84.6 Å². The Balaban J connectivity index is 4.50. The van der Waals surface area contributed by atoms with Crippen LogP contribution in [0.25, 0.3) is 0 Å². The molecule has 0 aromatic rings. The van der Waals surface area contributed by atoms with Gasteiger partial charge >= 0.3 is 0 Å². The third-order valence-corrected chi connectivity index (χ3v) is 1.77. The van der Waals surface area contributed by atoms with Gasteiger partial charge in [-0.2, -0.15) is 0 Å². The van der Waals surface area contributed by atoms with Gasteiger partial charge in [0.1, 0.15) is 18.3 Å². The van der Waals surface area contributed by atoms with Gasteiger partial charge in [-0.3, -0.25) is 9.59 Å². The number of Topliss-reactive ketones (excluding diaryl/α,β-unsaturated/α-hetero) is 1. The Hall–Kier alpha value is -1.06. The molecule has 8 heteroatoms. The maximum absolute atomic E-state index is 10.8. The summed E-state index contributed by atoms with van der Waals surface area (Å²) in [6.45, 7) is -0.879. The van der Waals surface area contributed by atoms with Crippen molar-refractivity contribution in [3.8, 4) is 0 Å². The minimum atomic E-state index is -2.24. The molecule has 15 heavy (non-hydrogen) atoms. The van der Waals surface area contributed by atoms with Gasteiger partial charge in [0.2, 0.25) is 0 Å². The predicted molar refractivity (Wildman–Crippen MR) is 45.3 cm³/mol. The number of nitrogens with two attached hydrogens (primary N) is 1. The normalized spacial score (nSPS) is 19.0. The van der Waals surface area contributed by atoms with Crippen LogP contribution in [0.4, 0.5) is 0 Å². The molecule has 0 saturated carbocycles. The average Bonchev–Trinajstić information content (AvgIpc) is 2.23. The standard InChI is InChI=1S/C7H13NO7/c8-7(15)6(14)5(13)4(12)3(11)2(10)1-9/h2-5,9-13H,1H2,(H2,8,15)/t2-,3-,4+,5+/m1/s1. The maximum atomic E-state index is 10.8. The van der Waals surface area contributed by atoms with Gasteiger partial charge < -0.3 is 31.3 Å². The van der Waals surface area contributed by atoms with Crippen LogP contribution in [0, 0.1) is 0 Å². The first-order valence-corrected chi connectivity index (χ1v) is 3.99. The van der Waals surface area contributed by atoms with Gasteiger partial charge in [-0.15, -0.1) is 0 Å². The zero-order valence-corrected chi connectivity index (χ0v) is 7.65. The molecule has 0 aromatic heterocycles. The van der Waals surface area contributed by atoms with E-state index in [9.17, 15) is 9.59 Å². The summed E-state index contributed by atoms with van der Waals surface area (Å²) in [6.07, 6.45) is -8.05. The molecule has 0 aliphatic heterocycles. The molecule has 0 fully saturated rings. The van der Waals surface area contributed by atoms with Crippen molar-refractivity contribution < 1.29 is 35.1 Å². The van der Waals surface area contributed by atoms with E-state index in [0.717, 1.165) is 0 Å². The zero-order valence-electron chi connectivity index (χ0n) is 7.65. The minimum absolute atomic E-state index is 0.879. The quantitative estimate of drug-likeness (QED) is 0.247. The number of carbonyl (C=O) groups is 2. The largest absolute Gasteiger partial charge is 0.394 e. The molecule has 0 spiro atoms. The highest BCUT2D eigenvalue weighted by molar-refractivity contribution is 6.37. The summed E-state index contributed by atoms with van der Waals surface area (Å²) in [7, 11) is 0. The summed E-state index contributed by atoms with van der Waals surface area (Å²) in [5.41, 5.74) is 4.53. The van der Waals surface area contributed by atoms with Crippen LogP contribution in [0.5, 0.6) is 0 Å². The van der Waals surface area contributed by atoms with Crippen molar-refractivity contribution in [3.63, 3.8) is 0 Å². The van der Waals surface area contributed by atoms with Gasteiger partial charge in [0.25, 0.3) is 11.7 Å². The summed E-state index contributed by atoms with van der Waals surface area (Å²) in [5, 5.41) is 44.5. The topological polar surface area (TPSA) is 161 Å². The Bertz CT molecular complexity index is 243. The van der Waals surface area contributed by atoms with Crippen LogP contribution in [0.3, 0.4) is 0 Å². The third-order valence-electron chi connectivity index (χ3n) is 1.77. The molecule has 4 atom stereocenters. The van der Waals surface area contributed by atoms with E-state index in [1.165, 1.54) is 0 Å². The molecule has 0 saturated heterocycles. The van der Waals surface area contributed by atoms with E-state index in [1.807, 2.05) is 0 Å². The average molecular weight is 223 g/mol. The monoisotopic (exact) mass is 223 g/mol. The van der Waals surface area contributed by atoms with Gasteiger partial charge in [-0.05, 0) is 0 Å². The minimum Gasteiger partial charge on any atom is -0.394 e. The number of amides is 1. The van der Waals surface area contributed by atoms with Crippen molar-refractivity contribution in [2.24, 2.45) is 5.73 Å². The number of primary amides is 1. The first-order valence-electron chi connectivity index (χ1n) is 3.99. The van der Waals surface area contributed by atoms with Crippen LogP contribution in [-0.4, -0.2) is 68.2 Å². The fraction of sp³-hybridized carbons (Fsp3) is 0.714.